The SMILES string of the molecule is CCCN(CCC)CCCCN(Cc1ccc(CN(Cc2ncc[nH]2)C(C)c2ncc[nH]2)cc1)c1ccccc1. The second-order valence-electron chi connectivity index (χ2n) is 10.7. The molecule has 0 aliphatic heterocycles. The zero-order chi connectivity index (χ0) is 28.0. The van der Waals surface area contributed by atoms with Crippen molar-refractivity contribution in [1.82, 2.24) is 29.7 Å². The second kappa shape index (κ2) is 16.0. The summed E-state index contributed by atoms with van der Waals surface area (Å²) in [5.74, 6) is 1.93. The Morgan fingerprint density at radius 3 is 1.98 bits per heavy atom. The van der Waals surface area contributed by atoms with Crippen molar-refractivity contribution in [3.05, 3.63) is 102 Å². The van der Waals surface area contributed by atoms with Gasteiger partial charge in [-0.05, 0) is 75.5 Å². The molecule has 0 saturated heterocycles. The standard InChI is InChI=1S/C33H47N7/c1-4-21-38(22-5-2)23-9-10-24-39(31-11-7-6-8-12-31)25-29-13-15-30(16-14-29)26-40(27-32-34-17-18-35-32)28(3)33-36-19-20-37-33/h6-8,11-20,28H,4-5,9-10,21-27H2,1-3H3,(H,34,35)(H,36,37). The van der Waals surface area contributed by atoms with Crippen LogP contribution in [0.15, 0.2) is 79.4 Å². The lowest BCUT2D eigenvalue weighted by Crippen LogP contribution is -2.28. The molecule has 0 aliphatic carbocycles. The molecule has 214 valence electrons. The van der Waals surface area contributed by atoms with Gasteiger partial charge in [-0.25, -0.2) is 9.97 Å². The molecule has 0 spiro atoms. The second-order valence-corrected chi connectivity index (χ2v) is 10.7. The maximum atomic E-state index is 4.51. The van der Waals surface area contributed by atoms with Crippen molar-refractivity contribution in [2.24, 2.45) is 0 Å². The van der Waals surface area contributed by atoms with E-state index in [9.17, 15) is 0 Å². The zero-order valence-electron chi connectivity index (χ0n) is 24.6. The fourth-order valence-electron chi connectivity index (χ4n) is 5.33. The average Bonchev–Trinajstić information content (AvgIpc) is 3.71. The first kappa shape index (κ1) is 29.6. The summed E-state index contributed by atoms with van der Waals surface area (Å²) in [4.78, 5) is 23.0. The highest BCUT2D eigenvalue weighted by molar-refractivity contribution is 5.46. The van der Waals surface area contributed by atoms with Crippen molar-refractivity contribution in [3.8, 4) is 0 Å². The van der Waals surface area contributed by atoms with Gasteiger partial charge in [0.1, 0.15) is 11.6 Å². The fourth-order valence-corrected chi connectivity index (χ4v) is 5.33. The minimum absolute atomic E-state index is 0.138. The molecule has 0 aliphatic rings. The monoisotopic (exact) mass is 541 g/mol. The summed E-state index contributed by atoms with van der Waals surface area (Å²) >= 11 is 0. The third-order valence-corrected chi connectivity index (χ3v) is 7.51. The number of aromatic amines is 2. The van der Waals surface area contributed by atoms with E-state index in [0.717, 1.165) is 37.8 Å². The molecule has 4 aromatic rings. The quantitative estimate of drug-likeness (QED) is 0.136. The molecule has 40 heavy (non-hydrogen) atoms. The van der Waals surface area contributed by atoms with Gasteiger partial charge in [-0.2, -0.15) is 0 Å². The van der Waals surface area contributed by atoms with Gasteiger partial charge in [0.15, 0.2) is 0 Å². The largest absolute Gasteiger partial charge is 0.367 e. The Morgan fingerprint density at radius 2 is 1.35 bits per heavy atom. The molecule has 0 amide bonds. The van der Waals surface area contributed by atoms with E-state index in [-0.39, 0.29) is 6.04 Å². The molecular weight excluding hydrogens is 494 g/mol. The molecule has 7 nitrogen and oxygen atoms in total. The fraction of sp³-hybridized carbons (Fsp3) is 0.455. The molecule has 4 rings (SSSR count). The summed E-state index contributed by atoms with van der Waals surface area (Å²) in [7, 11) is 0. The highest BCUT2D eigenvalue weighted by atomic mass is 15.2. The predicted octanol–water partition coefficient (Wildman–Crippen LogP) is 6.81. The molecule has 2 aromatic carbocycles. The Labute approximate surface area is 240 Å². The molecule has 2 aromatic heterocycles. The lowest BCUT2D eigenvalue weighted by Gasteiger charge is -2.28. The van der Waals surface area contributed by atoms with Gasteiger partial charge in [-0.3, -0.25) is 4.90 Å². The maximum absolute atomic E-state index is 4.51. The van der Waals surface area contributed by atoms with Gasteiger partial charge in [0.05, 0.1) is 12.6 Å². The van der Waals surface area contributed by atoms with Gasteiger partial charge in [0.2, 0.25) is 0 Å². The van der Waals surface area contributed by atoms with Crippen LogP contribution >= 0.6 is 0 Å². The minimum Gasteiger partial charge on any atom is -0.367 e. The average molecular weight is 542 g/mol. The highest BCUT2D eigenvalue weighted by Crippen LogP contribution is 2.23. The summed E-state index contributed by atoms with van der Waals surface area (Å²) in [6.45, 7) is 13.9. The van der Waals surface area contributed by atoms with Crippen molar-refractivity contribution in [3.63, 3.8) is 0 Å². The first-order valence-corrected chi connectivity index (χ1v) is 15.0. The highest BCUT2D eigenvalue weighted by Gasteiger charge is 2.19. The first-order valence-electron chi connectivity index (χ1n) is 15.0. The Morgan fingerprint density at radius 1 is 0.700 bits per heavy atom. The van der Waals surface area contributed by atoms with Crippen LogP contribution in [0.25, 0.3) is 0 Å². The Hall–Kier alpha value is -3.42. The van der Waals surface area contributed by atoms with Crippen LogP contribution in [0.2, 0.25) is 0 Å². The van der Waals surface area contributed by atoms with E-state index in [2.05, 4.69) is 110 Å². The lowest BCUT2D eigenvalue weighted by molar-refractivity contribution is 0.181. The molecule has 0 saturated carbocycles. The topological polar surface area (TPSA) is 67.1 Å². The van der Waals surface area contributed by atoms with Crippen LogP contribution in [0, 0.1) is 0 Å². The molecule has 1 unspecified atom stereocenters. The van der Waals surface area contributed by atoms with Crippen molar-refractivity contribution in [1.29, 1.82) is 0 Å². The summed E-state index contributed by atoms with van der Waals surface area (Å²) < 4.78 is 0. The van der Waals surface area contributed by atoms with Crippen LogP contribution in [0.3, 0.4) is 0 Å². The number of hydrogen-bond acceptors (Lipinski definition) is 5. The molecular formula is C33H47N7. The molecule has 2 N–H and O–H groups in total. The van der Waals surface area contributed by atoms with Gasteiger partial charge in [0, 0.05) is 50.1 Å². The summed E-state index contributed by atoms with van der Waals surface area (Å²) in [6, 6.07) is 20.1. The van der Waals surface area contributed by atoms with Crippen LogP contribution in [-0.4, -0.2) is 55.9 Å². The Bertz CT molecular complexity index is 1170. The minimum atomic E-state index is 0.138. The number of benzene rings is 2. The predicted molar refractivity (Wildman–Crippen MR) is 165 cm³/mol. The van der Waals surface area contributed by atoms with Gasteiger partial charge < -0.3 is 19.8 Å². The molecule has 1 atom stereocenters. The molecule has 7 heteroatoms. The van der Waals surface area contributed by atoms with Crippen molar-refractivity contribution in [2.75, 3.05) is 31.1 Å². The number of unbranched alkanes of at least 4 members (excludes halogenated alkanes) is 1. The number of nitrogens with zero attached hydrogens (tertiary/aromatic N) is 5. The number of anilines is 1. The van der Waals surface area contributed by atoms with E-state index >= 15 is 0 Å². The molecule has 0 radical (unpaired) electrons. The molecule has 2 heterocycles. The maximum Gasteiger partial charge on any atom is 0.123 e. The third kappa shape index (κ3) is 9.07. The van der Waals surface area contributed by atoms with Gasteiger partial charge >= 0.3 is 0 Å². The Balaban J connectivity index is 1.38. The van der Waals surface area contributed by atoms with Crippen LogP contribution in [0.1, 0.15) is 75.3 Å². The zero-order valence-corrected chi connectivity index (χ0v) is 24.6. The van der Waals surface area contributed by atoms with Gasteiger partial charge in [-0.15, -0.1) is 0 Å². The van der Waals surface area contributed by atoms with Gasteiger partial charge in [-0.1, -0.05) is 56.3 Å². The Kier molecular flexibility index (Phi) is 11.8. The van der Waals surface area contributed by atoms with Crippen molar-refractivity contribution >= 4 is 5.69 Å². The summed E-state index contributed by atoms with van der Waals surface area (Å²) in [6.07, 6.45) is 12.3. The van der Waals surface area contributed by atoms with E-state index < -0.39 is 0 Å². The number of rotatable bonds is 18. The first-order chi connectivity index (χ1) is 19.7. The smallest absolute Gasteiger partial charge is 0.123 e. The molecule has 0 bridgehead atoms. The van der Waals surface area contributed by atoms with Crippen LogP contribution in [0.4, 0.5) is 5.69 Å². The number of para-hydroxylation sites is 1. The summed E-state index contributed by atoms with van der Waals surface area (Å²) in [5.41, 5.74) is 3.91. The van der Waals surface area contributed by atoms with E-state index in [1.165, 1.54) is 62.1 Å². The number of nitrogens with one attached hydrogen (secondary N) is 2. The number of hydrogen-bond donors (Lipinski definition) is 2. The van der Waals surface area contributed by atoms with E-state index in [0.29, 0.717) is 0 Å². The number of H-pyrrole nitrogens is 2. The normalized spacial score (nSPS) is 12.3. The van der Waals surface area contributed by atoms with Crippen molar-refractivity contribution < 1.29 is 0 Å². The van der Waals surface area contributed by atoms with Crippen LogP contribution in [0.5, 0.6) is 0 Å². The molecule has 0 fully saturated rings. The number of imidazole rings is 2. The third-order valence-electron chi connectivity index (χ3n) is 7.51. The lowest BCUT2D eigenvalue weighted by atomic mass is 10.1. The number of aromatic nitrogens is 4. The van der Waals surface area contributed by atoms with Gasteiger partial charge in [0.25, 0.3) is 0 Å². The van der Waals surface area contributed by atoms with E-state index in [1.807, 2.05) is 24.8 Å². The van der Waals surface area contributed by atoms with E-state index in [4.69, 9.17) is 0 Å². The van der Waals surface area contributed by atoms with Crippen molar-refractivity contribution in [2.45, 2.75) is 72.1 Å². The van der Waals surface area contributed by atoms with E-state index in [1.54, 1.807) is 0 Å². The van der Waals surface area contributed by atoms with Crippen LogP contribution in [-0.2, 0) is 19.6 Å². The summed E-state index contributed by atoms with van der Waals surface area (Å²) in [5, 5.41) is 0. The van der Waals surface area contributed by atoms with Crippen LogP contribution < -0.4 is 4.90 Å².